The molecule has 1 aliphatic rings. The molecule has 1 heterocycles. The quantitative estimate of drug-likeness (QED) is 0.349. The highest BCUT2D eigenvalue weighted by molar-refractivity contribution is 6.37. The van der Waals surface area contributed by atoms with Gasteiger partial charge in [-0.15, -0.1) is 0 Å². The van der Waals surface area contributed by atoms with Crippen LogP contribution in [0.1, 0.15) is 28.4 Å². The molecule has 0 radical (unpaired) electrons. The first-order valence-corrected chi connectivity index (χ1v) is 11.1. The van der Waals surface area contributed by atoms with Crippen LogP contribution in [0, 0.1) is 0 Å². The van der Waals surface area contributed by atoms with Gasteiger partial charge in [-0.1, -0.05) is 36.4 Å². The molecule has 0 aromatic heterocycles. The van der Waals surface area contributed by atoms with Crippen LogP contribution >= 0.6 is 0 Å². The number of carbonyl (C=O) groups is 4. The van der Waals surface area contributed by atoms with Gasteiger partial charge in [-0.3, -0.25) is 14.4 Å². The molecule has 0 spiro atoms. The monoisotopic (exact) mass is 484 g/mol. The highest BCUT2D eigenvalue weighted by Gasteiger charge is 2.29. The molecule has 36 heavy (non-hydrogen) atoms. The van der Waals surface area contributed by atoms with Crippen molar-refractivity contribution in [1.82, 2.24) is 0 Å². The van der Waals surface area contributed by atoms with Crippen molar-refractivity contribution < 1.29 is 23.9 Å². The molecule has 0 saturated carbocycles. The number of nitrogens with one attached hydrogen (secondary N) is 2. The van der Waals surface area contributed by atoms with Crippen molar-refractivity contribution >= 4 is 52.0 Å². The summed E-state index contributed by atoms with van der Waals surface area (Å²) < 4.78 is 4.78. The number of primary amides is 1. The molecule has 4 rings (SSSR count). The lowest BCUT2D eigenvalue weighted by Crippen LogP contribution is -2.37. The molecule has 3 amide bonds. The van der Waals surface area contributed by atoms with Crippen molar-refractivity contribution in [1.29, 1.82) is 0 Å². The number of hydrogen-bond acceptors (Lipinski definition) is 6. The maximum Gasteiger partial charge on any atom is 0.337 e. The summed E-state index contributed by atoms with van der Waals surface area (Å²) in [6, 6.07) is 21.1. The predicted octanol–water partition coefficient (Wildman–Crippen LogP) is 3.24. The minimum atomic E-state index is -0.621. The Morgan fingerprint density at radius 3 is 2.28 bits per heavy atom. The Morgan fingerprint density at radius 2 is 1.67 bits per heavy atom. The van der Waals surface area contributed by atoms with Gasteiger partial charge in [-0.25, -0.2) is 4.79 Å². The SMILES string of the molecule is COC(=O)c1ccc2c(c1)NC(=O)/C2=C(/Nc1ccc(N(CC(N)=O)C(C)=O)cc1)c1ccccc1. The van der Waals surface area contributed by atoms with E-state index < -0.39 is 11.9 Å². The summed E-state index contributed by atoms with van der Waals surface area (Å²) in [4.78, 5) is 49.6. The van der Waals surface area contributed by atoms with Gasteiger partial charge in [0.2, 0.25) is 11.8 Å². The number of esters is 1. The third-order valence-electron chi connectivity index (χ3n) is 5.64. The zero-order valence-corrected chi connectivity index (χ0v) is 19.7. The Morgan fingerprint density at radius 1 is 0.972 bits per heavy atom. The minimum absolute atomic E-state index is 0.230. The standard InChI is InChI=1S/C27H24N4O5/c1-16(32)31(15-23(28)33)20-11-9-19(10-12-20)29-25(17-6-4-3-5-7-17)24-21-13-8-18(27(35)36-2)14-22(21)30-26(24)34/h3-14,29H,15H2,1-2H3,(H2,28,33)(H,30,34)/b25-24+. The molecule has 9 nitrogen and oxygen atoms in total. The highest BCUT2D eigenvalue weighted by Crippen LogP contribution is 2.38. The molecule has 0 unspecified atom stereocenters. The second kappa shape index (κ2) is 10.1. The van der Waals surface area contributed by atoms with E-state index >= 15 is 0 Å². The molecule has 0 bridgehead atoms. The van der Waals surface area contributed by atoms with Crippen LogP contribution in [0.25, 0.3) is 11.3 Å². The first-order chi connectivity index (χ1) is 17.3. The first-order valence-electron chi connectivity index (χ1n) is 11.1. The Bertz CT molecular complexity index is 1380. The number of carbonyl (C=O) groups excluding carboxylic acids is 4. The number of fused-ring (bicyclic) bond motifs is 1. The Labute approximate surface area is 207 Å². The molecule has 3 aromatic rings. The summed E-state index contributed by atoms with van der Waals surface area (Å²) >= 11 is 0. The number of methoxy groups -OCH3 is 1. The number of ether oxygens (including phenoxy) is 1. The van der Waals surface area contributed by atoms with E-state index in [-0.39, 0.29) is 18.4 Å². The fourth-order valence-electron chi connectivity index (χ4n) is 3.96. The molecule has 1 aliphatic heterocycles. The molecule has 9 heteroatoms. The van der Waals surface area contributed by atoms with E-state index in [1.165, 1.54) is 18.9 Å². The lowest BCUT2D eigenvalue weighted by molar-refractivity contribution is -0.121. The average Bonchev–Trinajstić information content (AvgIpc) is 3.20. The molecular formula is C27H24N4O5. The van der Waals surface area contributed by atoms with Gasteiger partial charge in [0, 0.05) is 23.9 Å². The molecule has 182 valence electrons. The summed E-state index contributed by atoms with van der Waals surface area (Å²) in [6.45, 7) is 1.13. The largest absolute Gasteiger partial charge is 0.465 e. The van der Waals surface area contributed by atoms with Crippen LogP contribution in [0.2, 0.25) is 0 Å². The van der Waals surface area contributed by atoms with Crippen molar-refractivity contribution in [3.05, 3.63) is 89.5 Å². The fraction of sp³-hybridized carbons (Fsp3) is 0.111. The van der Waals surface area contributed by atoms with E-state index in [1.807, 2.05) is 30.3 Å². The third-order valence-corrected chi connectivity index (χ3v) is 5.64. The summed E-state index contributed by atoms with van der Waals surface area (Å²) in [5.74, 6) is -1.75. The number of rotatable bonds is 7. The first kappa shape index (κ1) is 24.2. The van der Waals surface area contributed by atoms with E-state index in [0.29, 0.717) is 39.5 Å². The summed E-state index contributed by atoms with van der Waals surface area (Å²) in [6.07, 6.45) is 0. The number of anilines is 3. The summed E-state index contributed by atoms with van der Waals surface area (Å²) in [5.41, 5.74) is 9.66. The van der Waals surface area contributed by atoms with Crippen molar-refractivity contribution in [3.63, 3.8) is 0 Å². The van der Waals surface area contributed by atoms with E-state index in [0.717, 1.165) is 5.56 Å². The topological polar surface area (TPSA) is 131 Å². The predicted molar refractivity (Wildman–Crippen MR) is 137 cm³/mol. The van der Waals surface area contributed by atoms with Gasteiger partial charge in [0.1, 0.15) is 6.54 Å². The van der Waals surface area contributed by atoms with Gasteiger partial charge >= 0.3 is 5.97 Å². The smallest absolute Gasteiger partial charge is 0.337 e. The van der Waals surface area contributed by atoms with Crippen molar-refractivity contribution in [3.8, 4) is 0 Å². The molecule has 0 fully saturated rings. The zero-order chi connectivity index (χ0) is 25.8. The van der Waals surface area contributed by atoms with Crippen LogP contribution in [0.15, 0.2) is 72.8 Å². The maximum absolute atomic E-state index is 13.1. The second-order valence-corrected chi connectivity index (χ2v) is 8.07. The Kier molecular flexibility index (Phi) is 6.82. The number of benzene rings is 3. The summed E-state index contributed by atoms with van der Waals surface area (Å²) in [7, 11) is 1.30. The number of amides is 3. The Balaban J connectivity index is 1.75. The van der Waals surface area contributed by atoms with Crippen molar-refractivity contribution in [2.75, 3.05) is 29.2 Å². The van der Waals surface area contributed by atoms with Crippen LogP contribution in [0.3, 0.4) is 0 Å². The Hall–Kier alpha value is -4.92. The van der Waals surface area contributed by atoms with Gasteiger partial charge in [-0.05, 0) is 42.0 Å². The molecule has 3 aromatic carbocycles. The van der Waals surface area contributed by atoms with E-state index in [1.54, 1.807) is 42.5 Å². The number of nitrogens with zero attached hydrogens (tertiary/aromatic N) is 1. The van der Waals surface area contributed by atoms with E-state index in [2.05, 4.69) is 10.6 Å². The summed E-state index contributed by atoms with van der Waals surface area (Å²) in [5, 5.41) is 6.15. The second-order valence-electron chi connectivity index (χ2n) is 8.07. The van der Waals surface area contributed by atoms with E-state index in [4.69, 9.17) is 10.5 Å². The maximum atomic E-state index is 13.1. The molecule has 0 aliphatic carbocycles. The number of hydrogen-bond donors (Lipinski definition) is 3. The molecule has 0 atom stereocenters. The minimum Gasteiger partial charge on any atom is -0.465 e. The van der Waals surface area contributed by atoms with Crippen LogP contribution in [-0.4, -0.2) is 37.3 Å². The van der Waals surface area contributed by atoms with Gasteiger partial charge in [0.15, 0.2) is 0 Å². The van der Waals surface area contributed by atoms with Gasteiger partial charge < -0.3 is 26.0 Å². The van der Waals surface area contributed by atoms with Crippen molar-refractivity contribution in [2.45, 2.75) is 6.92 Å². The van der Waals surface area contributed by atoms with E-state index in [9.17, 15) is 19.2 Å². The van der Waals surface area contributed by atoms with Crippen LogP contribution < -0.4 is 21.3 Å². The van der Waals surface area contributed by atoms with Crippen LogP contribution in [0.5, 0.6) is 0 Å². The lowest BCUT2D eigenvalue weighted by Gasteiger charge is -2.20. The normalized spacial score (nSPS) is 13.3. The average molecular weight is 485 g/mol. The molecular weight excluding hydrogens is 460 g/mol. The van der Waals surface area contributed by atoms with Gasteiger partial charge in [0.05, 0.1) is 29.6 Å². The van der Waals surface area contributed by atoms with Crippen LogP contribution in [-0.2, 0) is 19.1 Å². The number of nitrogens with two attached hydrogens (primary N) is 1. The van der Waals surface area contributed by atoms with Crippen molar-refractivity contribution in [2.24, 2.45) is 5.73 Å². The zero-order valence-electron chi connectivity index (χ0n) is 19.7. The lowest BCUT2D eigenvalue weighted by atomic mass is 9.99. The van der Waals surface area contributed by atoms with Crippen LogP contribution in [0.4, 0.5) is 17.1 Å². The fourth-order valence-corrected chi connectivity index (χ4v) is 3.96. The highest BCUT2D eigenvalue weighted by atomic mass is 16.5. The molecule has 0 saturated heterocycles. The third kappa shape index (κ3) is 4.95. The van der Waals surface area contributed by atoms with Gasteiger partial charge in [0.25, 0.3) is 5.91 Å². The molecule has 4 N–H and O–H groups in total. The van der Waals surface area contributed by atoms with Gasteiger partial charge in [-0.2, -0.15) is 0 Å².